The monoisotopic (exact) mass is 279 g/mol. The number of hydrogen-bond acceptors (Lipinski definition) is 1. The zero-order valence-electron chi connectivity index (χ0n) is 12.2. The molecule has 0 fully saturated rings. The van der Waals surface area contributed by atoms with Gasteiger partial charge in [0.05, 0.1) is 6.20 Å². The number of imidazole rings is 1. The van der Waals surface area contributed by atoms with Crippen LogP contribution in [0.25, 0.3) is 17.2 Å². The van der Waals surface area contributed by atoms with Crippen LogP contribution in [0.1, 0.15) is 5.56 Å². The number of nitrogens with zero attached hydrogens (tertiary/aromatic N) is 2. The molecule has 0 bridgehead atoms. The van der Waals surface area contributed by atoms with Crippen molar-refractivity contribution in [3.05, 3.63) is 67.0 Å². The lowest BCUT2D eigenvalue weighted by Crippen LogP contribution is -2.35. The lowest BCUT2D eigenvalue weighted by atomic mass is 10.2. The highest BCUT2D eigenvalue weighted by Crippen LogP contribution is 2.13. The summed E-state index contributed by atoms with van der Waals surface area (Å²) < 4.78 is 10.0. The SMILES string of the molecule is C=Cn1c[n+](CCOc2cccc(C)c2)c2ccccc21. The highest BCUT2D eigenvalue weighted by molar-refractivity contribution is 5.73. The number of para-hydroxylation sites is 2. The van der Waals surface area contributed by atoms with E-state index in [-0.39, 0.29) is 0 Å². The molecule has 0 atom stereocenters. The molecule has 0 spiro atoms. The van der Waals surface area contributed by atoms with Crippen LogP contribution in [0.15, 0.2) is 61.4 Å². The zero-order chi connectivity index (χ0) is 14.7. The summed E-state index contributed by atoms with van der Waals surface area (Å²) in [5, 5.41) is 0. The fraction of sp³-hybridized carbons (Fsp3) is 0.167. The van der Waals surface area contributed by atoms with E-state index in [2.05, 4.69) is 48.7 Å². The van der Waals surface area contributed by atoms with E-state index < -0.39 is 0 Å². The molecule has 1 heterocycles. The minimum Gasteiger partial charge on any atom is -0.489 e. The minimum absolute atomic E-state index is 0.638. The van der Waals surface area contributed by atoms with Gasteiger partial charge in [-0.3, -0.25) is 0 Å². The maximum Gasteiger partial charge on any atom is 0.249 e. The van der Waals surface area contributed by atoms with Crippen molar-refractivity contribution in [3.8, 4) is 5.75 Å². The highest BCUT2D eigenvalue weighted by Gasteiger charge is 2.12. The van der Waals surface area contributed by atoms with E-state index in [1.807, 2.05) is 35.0 Å². The maximum absolute atomic E-state index is 5.83. The van der Waals surface area contributed by atoms with Crippen molar-refractivity contribution in [2.24, 2.45) is 0 Å². The first-order valence-corrected chi connectivity index (χ1v) is 7.09. The van der Waals surface area contributed by atoms with Gasteiger partial charge in [-0.1, -0.05) is 30.8 Å². The largest absolute Gasteiger partial charge is 0.489 e. The fourth-order valence-electron chi connectivity index (χ4n) is 2.49. The first-order chi connectivity index (χ1) is 10.3. The average Bonchev–Trinajstić information content (AvgIpc) is 2.86. The van der Waals surface area contributed by atoms with Gasteiger partial charge in [-0.2, -0.15) is 0 Å². The molecule has 0 amide bonds. The fourth-order valence-corrected chi connectivity index (χ4v) is 2.49. The third-order valence-electron chi connectivity index (χ3n) is 3.52. The van der Waals surface area contributed by atoms with Crippen molar-refractivity contribution < 1.29 is 9.30 Å². The standard InChI is InChI=1S/C18H19N2O/c1-3-19-14-20(18-10-5-4-9-17(18)19)11-12-21-16-8-6-7-15(2)13-16/h3-10,13-14H,1,11-12H2,2H3/q+1. The summed E-state index contributed by atoms with van der Waals surface area (Å²) in [6.07, 6.45) is 3.87. The van der Waals surface area contributed by atoms with Gasteiger partial charge in [-0.05, 0) is 36.8 Å². The van der Waals surface area contributed by atoms with Gasteiger partial charge in [-0.15, -0.1) is 0 Å². The smallest absolute Gasteiger partial charge is 0.249 e. The maximum atomic E-state index is 5.83. The molecular formula is C18H19N2O+. The Balaban J connectivity index is 1.75. The number of benzene rings is 2. The molecule has 0 aliphatic carbocycles. The van der Waals surface area contributed by atoms with E-state index in [0.29, 0.717) is 6.61 Å². The third kappa shape index (κ3) is 2.82. The predicted octanol–water partition coefficient (Wildman–Crippen LogP) is 3.42. The Kier molecular flexibility index (Phi) is 3.73. The molecule has 0 aliphatic heterocycles. The van der Waals surface area contributed by atoms with Crippen molar-refractivity contribution in [1.29, 1.82) is 0 Å². The summed E-state index contributed by atoms with van der Waals surface area (Å²) in [4.78, 5) is 0. The summed E-state index contributed by atoms with van der Waals surface area (Å²) >= 11 is 0. The zero-order valence-corrected chi connectivity index (χ0v) is 12.2. The van der Waals surface area contributed by atoms with Crippen LogP contribution < -0.4 is 9.30 Å². The van der Waals surface area contributed by atoms with Gasteiger partial charge in [0, 0.05) is 0 Å². The van der Waals surface area contributed by atoms with E-state index in [1.54, 1.807) is 0 Å². The van der Waals surface area contributed by atoms with Crippen molar-refractivity contribution in [2.75, 3.05) is 6.61 Å². The molecular weight excluding hydrogens is 260 g/mol. The topological polar surface area (TPSA) is 18.0 Å². The molecule has 1 aromatic heterocycles. The normalized spacial score (nSPS) is 10.7. The Bertz CT molecular complexity index is 774. The van der Waals surface area contributed by atoms with Gasteiger partial charge < -0.3 is 4.74 Å². The molecule has 3 heteroatoms. The molecule has 2 aromatic carbocycles. The van der Waals surface area contributed by atoms with Crippen molar-refractivity contribution >= 4 is 17.2 Å². The number of rotatable bonds is 5. The predicted molar refractivity (Wildman–Crippen MR) is 85.2 cm³/mol. The van der Waals surface area contributed by atoms with Crippen molar-refractivity contribution in [1.82, 2.24) is 4.57 Å². The minimum atomic E-state index is 0.638. The Morgan fingerprint density at radius 1 is 1.19 bits per heavy atom. The van der Waals surface area contributed by atoms with Crippen LogP contribution in [0.2, 0.25) is 0 Å². The van der Waals surface area contributed by atoms with Crippen LogP contribution in [0.3, 0.4) is 0 Å². The Morgan fingerprint density at radius 3 is 2.86 bits per heavy atom. The Labute approximate surface area is 124 Å². The number of fused-ring (bicyclic) bond motifs is 1. The Morgan fingerprint density at radius 2 is 2.05 bits per heavy atom. The molecule has 3 rings (SSSR count). The molecule has 0 radical (unpaired) electrons. The quantitative estimate of drug-likeness (QED) is 0.654. The van der Waals surface area contributed by atoms with Gasteiger partial charge in [0.25, 0.3) is 0 Å². The van der Waals surface area contributed by atoms with Crippen LogP contribution in [0, 0.1) is 6.92 Å². The van der Waals surface area contributed by atoms with Gasteiger partial charge in [0.15, 0.2) is 11.0 Å². The van der Waals surface area contributed by atoms with Crippen LogP contribution >= 0.6 is 0 Å². The van der Waals surface area contributed by atoms with Crippen molar-refractivity contribution in [2.45, 2.75) is 13.5 Å². The molecule has 3 nitrogen and oxygen atoms in total. The van der Waals surface area contributed by atoms with Gasteiger partial charge >= 0.3 is 0 Å². The first kappa shape index (κ1) is 13.4. The summed E-state index contributed by atoms with van der Waals surface area (Å²) in [5.74, 6) is 0.919. The molecule has 0 saturated carbocycles. The lowest BCUT2D eigenvalue weighted by molar-refractivity contribution is -0.672. The Hall–Kier alpha value is -2.55. The molecule has 3 aromatic rings. The van der Waals surface area contributed by atoms with Crippen LogP contribution in [0.5, 0.6) is 5.75 Å². The number of ether oxygens (including phenoxy) is 1. The summed E-state index contributed by atoms with van der Waals surface area (Å²) in [7, 11) is 0. The van der Waals surface area contributed by atoms with E-state index in [1.165, 1.54) is 11.1 Å². The molecule has 0 saturated heterocycles. The second-order valence-electron chi connectivity index (χ2n) is 5.05. The van der Waals surface area contributed by atoms with Crippen LogP contribution in [0.4, 0.5) is 0 Å². The molecule has 21 heavy (non-hydrogen) atoms. The lowest BCUT2D eigenvalue weighted by Gasteiger charge is -2.05. The van der Waals surface area contributed by atoms with Gasteiger partial charge in [-0.25, -0.2) is 9.13 Å². The second kappa shape index (κ2) is 5.83. The van der Waals surface area contributed by atoms with Crippen LogP contribution in [-0.2, 0) is 6.54 Å². The third-order valence-corrected chi connectivity index (χ3v) is 3.52. The number of aromatic nitrogens is 2. The van der Waals surface area contributed by atoms with Gasteiger partial charge in [0.2, 0.25) is 6.33 Å². The summed E-state index contributed by atoms with van der Waals surface area (Å²) in [6, 6.07) is 16.4. The first-order valence-electron chi connectivity index (χ1n) is 7.09. The molecule has 106 valence electrons. The van der Waals surface area contributed by atoms with Crippen LogP contribution in [-0.4, -0.2) is 11.2 Å². The van der Waals surface area contributed by atoms with E-state index in [9.17, 15) is 0 Å². The number of aryl methyl sites for hydroxylation is 1. The van der Waals surface area contributed by atoms with Crippen molar-refractivity contribution in [3.63, 3.8) is 0 Å². The van der Waals surface area contributed by atoms with E-state index >= 15 is 0 Å². The van der Waals surface area contributed by atoms with Gasteiger partial charge in [0.1, 0.15) is 18.9 Å². The van der Waals surface area contributed by atoms with E-state index in [4.69, 9.17) is 4.74 Å². The molecule has 0 N–H and O–H groups in total. The number of hydrogen-bond donors (Lipinski definition) is 0. The summed E-state index contributed by atoms with van der Waals surface area (Å²) in [5.41, 5.74) is 3.55. The highest BCUT2D eigenvalue weighted by atomic mass is 16.5. The molecule has 0 unspecified atom stereocenters. The average molecular weight is 279 g/mol. The van der Waals surface area contributed by atoms with E-state index in [0.717, 1.165) is 17.8 Å². The molecule has 0 aliphatic rings. The summed E-state index contributed by atoms with van der Waals surface area (Å²) in [6.45, 7) is 7.36. The second-order valence-corrected chi connectivity index (χ2v) is 5.05.